The number of benzene rings is 1. The molecule has 6 heteroatoms. The highest BCUT2D eigenvalue weighted by Gasteiger charge is 2.17. The van der Waals surface area contributed by atoms with E-state index >= 15 is 0 Å². The lowest BCUT2D eigenvalue weighted by Gasteiger charge is -2.12. The van der Waals surface area contributed by atoms with Gasteiger partial charge < -0.3 is 14.4 Å². The van der Waals surface area contributed by atoms with Gasteiger partial charge in [0.05, 0.1) is 28.3 Å². The first-order valence-electron chi connectivity index (χ1n) is 8.54. The zero-order valence-electron chi connectivity index (χ0n) is 15.6. The molecule has 1 aromatic carbocycles. The fourth-order valence-electron chi connectivity index (χ4n) is 3.30. The maximum Gasteiger partial charge on any atom is 0.141 e. The van der Waals surface area contributed by atoms with Gasteiger partial charge in [-0.05, 0) is 57.5 Å². The molecular weight excluding hydrogens is 326 g/mol. The molecule has 1 N–H and O–H groups in total. The van der Waals surface area contributed by atoms with Crippen molar-refractivity contribution in [3.63, 3.8) is 0 Å². The summed E-state index contributed by atoms with van der Waals surface area (Å²) in [4.78, 5) is 9.11. The van der Waals surface area contributed by atoms with Crippen molar-refractivity contribution in [1.29, 1.82) is 0 Å². The van der Waals surface area contributed by atoms with Crippen LogP contribution in [0.3, 0.4) is 0 Å². The van der Waals surface area contributed by atoms with Crippen LogP contribution >= 0.6 is 0 Å². The van der Waals surface area contributed by atoms with Crippen LogP contribution in [0, 0.1) is 27.7 Å². The zero-order valence-corrected chi connectivity index (χ0v) is 15.6. The highest BCUT2D eigenvalue weighted by atomic mass is 16.5. The summed E-state index contributed by atoms with van der Waals surface area (Å²) >= 11 is 0. The molecule has 0 amide bonds. The maximum absolute atomic E-state index is 5.37. The van der Waals surface area contributed by atoms with E-state index in [4.69, 9.17) is 9.51 Å². The summed E-state index contributed by atoms with van der Waals surface area (Å²) < 4.78 is 7.47. The molecule has 0 radical (unpaired) electrons. The Morgan fingerprint density at radius 2 is 1.85 bits per heavy atom. The van der Waals surface area contributed by atoms with Gasteiger partial charge in [0.2, 0.25) is 0 Å². The lowest BCUT2D eigenvalue weighted by Crippen LogP contribution is -1.97. The molecule has 3 aromatic heterocycles. The average Bonchev–Trinajstić information content (AvgIpc) is 3.10. The number of hydrogen-bond acceptors (Lipinski definition) is 5. The fraction of sp³-hybridized carbons (Fsp3) is 0.250. The Hall–Kier alpha value is -3.15. The Morgan fingerprint density at radius 3 is 2.54 bits per heavy atom. The van der Waals surface area contributed by atoms with Gasteiger partial charge in [0.25, 0.3) is 0 Å². The van der Waals surface area contributed by atoms with E-state index in [9.17, 15) is 0 Å². The normalized spacial score (nSPS) is 11.3. The minimum Gasteiger partial charge on any atom is -0.361 e. The van der Waals surface area contributed by atoms with Gasteiger partial charge in [-0.2, -0.15) is 0 Å². The number of rotatable bonds is 3. The van der Waals surface area contributed by atoms with Gasteiger partial charge in [0, 0.05) is 18.8 Å². The third-order valence-electron chi connectivity index (χ3n) is 4.81. The fourth-order valence-corrected chi connectivity index (χ4v) is 3.30. The second-order valence-corrected chi connectivity index (χ2v) is 6.57. The van der Waals surface area contributed by atoms with Crippen molar-refractivity contribution in [1.82, 2.24) is 19.7 Å². The smallest absolute Gasteiger partial charge is 0.141 e. The summed E-state index contributed by atoms with van der Waals surface area (Å²) in [6, 6.07) is 8.19. The lowest BCUT2D eigenvalue weighted by molar-refractivity contribution is 0.393. The molecule has 3 heterocycles. The van der Waals surface area contributed by atoms with E-state index in [1.54, 1.807) is 6.20 Å². The van der Waals surface area contributed by atoms with Crippen molar-refractivity contribution >= 4 is 22.4 Å². The van der Waals surface area contributed by atoms with E-state index < -0.39 is 0 Å². The van der Waals surface area contributed by atoms with Crippen molar-refractivity contribution in [2.75, 3.05) is 5.32 Å². The van der Waals surface area contributed by atoms with Gasteiger partial charge in [-0.15, -0.1) is 0 Å². The summed E-state index contributed by atoms with van der Waals surface area (Å²) in [5.74, 6) is 1.77. The van der Waals surface area contributed by atoms with E-state index in [2.05, 4.69) is 32.2 Å². The van der Waals surface area contributed by atoms with Crippen LogP contribution in [-0.4, -0.2) is 19.7 Å². The maximum atomic E-state index is 5.37. The predicted molar refractivity (Wildman–Crippen MR) is 103 cm³/mol. The summed E-state index contributed by atoms with van der Waals surface area (Å²) in [7, 11) is 2.03. The monoisotopic (exact) mass is 347 g/mol. The molecule has 0 atom stereocenters. The third kappa shape index (κ3) is 2.54. The zero-order chi connectivity index (χ0) is 18.4. The lowest BCUT2D eigenvalue weighted by atomic mass is 10.0. The Kier molecular flexibility index (Phi) is 3.76. The Morgan fingerprint density at radius 1 is 1.04 bits per heavy atom. The van der Waals surface area contributed by atoms with Gasteiger partial charge >= 0.3 is 0 Å². The van der Waals surface area contributed by atoms with Crippen LogP contribution in [0.1, 0.15) is 23.0 Å². The van der Waals surface area contributed by atoms with Gasteiger partial charge in [-0.25, -0.2) is 4.98 Å². The van der Waals surface area contributed by atoms with E-state index in [-0.39, 0.29) is 0 Å². The van der Waals surface area contributed by atoms with Crippen LogP contribution in [0.15, 0.2) is 35.0 Å². The standard InChI is InChI=1S/C20H21N5O/c1-11-16(7-6-8-21-11)23-17-9-15(19-12(2)24-26-13(19)3)10-18-20(17)22-14(4)25(18)5/h6-10,23H,1-5H3. The predicted octanol–water partition coefficient (Wildman–Crippen LogP) is 4.60. The molecule has 132 valence electrons. The van der Waals surface area contributed by atoms with Crippen LogP contribution in [-0.2, 0) is 7.05 Å². The number of pyridine rings is 1. The number of fused-ring (bicyclic) bond motifs is 1. The summed E-state index contributed by atoms with van der Waals surface area (Å²) in [5, 5.41) is 7.61. The molecule has 0 saturated carbocycles. The highest BCUT2D eigenvalue weighted by molar-refractivity contribution is 5.95. The van der Waals surface area contributed by atoms with Gasteiger partial charge in [0.1, 0.15) is 17.1 Å². The average molecular weight is 347 g/mol. The molecule has 26 heavy (non-hydrogen) atoms. The molecule has 0 spiro atoms. The first-order valence-corrected chi connectivity index (χ1v) is 8.54. The molecule has 0 saturated heterocycles. The van der Waals surface area contributed by atoms with Crippen molar-refractivity contribution in [2.24, 2.45) is 7.05 Å². The number of hydrogen-bond donors (Lipinski definition) is 1. The number of anilines is 2. The van der Waals surface area contributed by atoms with Gasteiger partial charge in [-0.3, -0.25) is 4.98 Å². The highest BCUT2D eigenvalue weighted by Crippen LogP contribution is 2.35. The first-order chi connectivity index (χ1) is 12.5. The number of imidazole rings is 1. The minimum atomic E-state index is 0.809. The SMILES string of the molecule is Cc1ncccc1Nc1cc(-c2c(C)noc2C)cc2c1nc(C)n2C. The van der Waals surface area contributed by atoms with Crippen molar-refractivity contribution < 1.29 is 4.52 Å². The van der Waals surface area contributed by atoms with Crippen molar-refractivity contribution in [3.8, 4) is 11.1 Å². The number of aryl methyl sites for hydroxylation is 5. The Bertz CT molecular complexity index is 1100. The third-order valence-corrected chi connectivity index (χ3v) is 4.81. The van der Waals surface area contributed by atoms with E-state index in [0.717, 1.165) is 56.5 Å². The second kappa shape index (κ2) is 5.98. The number of nitrogens with one attached hydrogen (secondary N) is 1. The van der Waals surface area contributed by atoms with E-state index in [1.165, 1.54) is 0 Å². The molecule has 0 aliphatic heterocycles. The summed E-state index contributed by atoms with van der Waals surface area (Å²) in [6.07, 6.45) is 1.79. The number of nitrogens with zero attached hydrogens (tertiary/aromatic N) is 4. The van der Waals surface area contributed by atoms with Gasteiger partial charge in [0.15, 0.2) is 0 Å². The summed E-state index contributed by atoms with van der Waals surface area (Å²) in [6.45, 7) is 7.89. The van der Waals surface area contributed by atoms with E-state index in [1.807, 2.05) is 46.9 Å². The molecule has 0 unspecified atom stereocenters. The quantitative estimate of drug-likeness (QED) is 0.586. The van der Waals surface area contributed by atoms with Crippen LogP contribution in [0.5, 0.6) is 0 Å². The first kappa shape index (κ1) is 16.3. The molecule has 0 bridgehead atoms. The molecular formula is C20H21N5O. The topological polar surface area (TPSA) is 68.8 Å². The van der Waals surface area contributed by atoms with Crippen LogP contribution in [0.25, 0.3) is 22.2 Å². The van der Waals surface area contributed by atoms with Crippen LogP contribution in [0.4, 0.5) is 11.4 Å². The Balaban J connectivity index is 1.96. The molecule has 0 fully saturated rings. The van der Waals surface area contributed by atoms with E-state index in [0.29, 0.717) is 0 Å². The summed E-state index contributed by atoms with van der Waals surface area (Å²) in [5.41, 5.74) is 7.80. The van der Waals surface area contributed by atoms with Crippen molar-refractivity contribution in [3.05, 3.63) is 53.4 Å². The minimum absolute atomic E-state index is 0.809. The van der Waals surface area contributed by atoms with Crippen LogP contribution in [0.2, 0.25) is 0 Å². The molecule has 0 aliphatic carbocycles. The molecule has 4 aromatic rings. The molecule has 4 rings (SSSR count). The van der Waals surface area contributed by atoms with Gasteiger partial charge in [-0.1, -0.05) is 5.16 Å². The van der Waals surface area contributed by atoms with Crippen LogP contribution < -0.4 is 5.32 Å². The largest absolute Gasteiger partial charge is 0.361 e. The molecule has 6 nitrogen and oxygen atoms in total. The number of aromatic nitrogens is 4. The molecule has 0 aliphatic rings. The Labute approximate surface area is 151 Å². The van der Waals surface area contributed by atoms with Crippen molar-refractivity contribution in [2.45, 2.75) is 27.7 Å². The second-order valence-electron chi connectivity index (χ2n) is 6.57.